The molecule has 0 saturated heterocycles. The van der Waals surface area contributed by atoms with Crippen LogP contribution in [0.1, 0.15) is 27.0 Å². The van der Waals surface area contributed by atoms with Gasteiger partial charge in [0.05, 0.1) is 11.1 Å². The lowest BCUT2D eigenvalue weighted by Crippen LogP contribution is -2.38. The van der Waals surface area contributed by atoms with Crippen LogP contribution in [0.15, 0.2) is 48.5 Å². The number of amides is 1. The fraction of sp³-hybridized carbons (Fsp3) is 0.263. The highest BCUT2D eigenvalue weighted by Gasteiger charge is 2.35. The first kappa shape index (κ1) is 18.0. The number of fused-ring (bicyclic) bond motifs is 1. The van der Waals surface area contributed by atoms with Crippen LogP contribution in [0.3, 0.4) is 0 Å². The summed E-state index contributed by atoms with van der Waals surface area (Å²) < 4.78 is 43.7. The summed E-state index contributed by atoms with van der Waals surface area (Å²) in [7, 11) is 0. The largest absolute Gasteiger partial charge is 0.452 e. The lowest BCUT2D eigenvalue weighted by atomic mass is 10.00. The molecule has 7 heteroatoms. The van der Waals surface area contributed by atoms with Gasteiger partial charge in [0.25, 0.3) is 5.91 Å². The first-order valence-corrected chi connectivity index (χ1v) is 8.04. The molecule has 0 aromatic heterocycles. The van der Waals surface area contributed by atoms with Crippen molar-refractivity contribution in [2.45, 2.75) is 19.1 Å². The van der Waals surface area contributed by atoms with E-state index in [0.717, 1.165) is 23.3 Å². The molecular weight excluding hydrogens is 347 g/mol. The number of carbonyl (C=O) groups is 2. The normalized spacial score (nSPS) is 13.9. The molecule has 0 unspecified atom stereocenters. The molecule has 0 N–H and O–H groups in total. The minimum atomic E-state index is -4.67. The van der Waals surface area contributed by atoms with Crippen molar-refractivity contribution in [3.8, 4) is 0 Å². The molecule has 0 radical (unpaired) electrons. The molecule has 26 heavy (non-hydrogen) atoms. The van der Waals surface area contributed by atoms with E-state index in [9.17, 15) is 22.8 Å². The third-order valence-corrected chi connectivity index (χ3v) is 4.26. The molecule has 0 atom stereocenters. The Morgan fingerprint density at radius 1 is 1.00 bits per heavy atom. The van der Waals surface area contributed by atoms with E-state index in [4.69, 9.17) is 4.74 Å². The van der Waals surface area contributed by atoms with Gasteiger partial charge in [-0.25, -0.2) is 4.79 Å². The molecule has 2 aromatic rings. The van der Waals surface area contributed by atoms with Gasteiger partial charge in [0, 0.05) is 13.1 Å². The van der Waals surface area contributed by atoms with Crippen LogP contribution < -0.4 is 0 Å². The number of nitrogens with zero attached hydrogens (tertiary/aromatic N) is 1. The lowest BCUT2D eigenvalue weighted by Gasteiger charge is -2.28. The molecule has 0 fully saturated rings. The van der Waals surface area contributed by atoms with Gasteiger partial charge in [0.1, 0.15) is 0 Å². The second kappa shape index (κ2) is 7.19. The SMILES string of the molecule is O=C(OCC(=O)N1CCc2ccccc2C1)c1ccccc1C(F)(F)F. The van der Waals surface area contributed by atoms with Gasteiger partial charge in [0.15, 0.2) is 6.61 Å². The Morgan fingerprint density at radius 2 is 1.65 bits per heavy atom. The van der Waals surface area contributed by atoms with Crippen LogP contribution in [0.5, 0.6) is 0 Å². The molecule has 0 aliphatic carbocycles. The molecule has 0 bridgehead atoms. The molecule has 1 aliphatic heterocycles. The fourth-order valence-corrected chi connectivity index (χ4v) is 2.91. The summed E-state index contributed by atoms with van der Waals surface area (Å²) in [6.45, 7) is 0.283. The Hall–Kier alpha value is -2.83. The van der Waals surface area contributed by atoms with E-state index < -0.39 is 35.8 Å². The van der Waals surface area contributed by atoms with E-state index in [1.165, 1.54) is 17.0 Å². The highest BCUT2D eigenvalue weighted by molar-refractivity contribution is 5.93. The molecule has 1 amide bonds. The Labute approximate surface area is 148 Å². The molecule has 3 rings (SSSR count). The van der Waals surface area contributed by atoms with Gasteiger partial charge in [-0.15, -0.1) is 0 Å². The molecule has 1 heterocycles. The van der Waals surface area contributed by atoms with E-state index in [1.54, 1.807) is 0 Å². The summed E-state index contributed by atoms with van der Waals surface area (Å²) in [6, 6.07) is 12.1. The van der Waals surface area contributed by atoms with E-state index in [0.29, 0.717) is 19.5 Å². The van der Waals surface area contributed by atoms with E-state index >= 15 is 0 Å². The minimum Gasteiger partial charge on any atom is -0.452 e. The van der Waals surface area contributed by atoms with Crippen molar-refractivity contribution in [3.05, 3.63) is 70.8 Å². The maximum atomic E-state index is 13.0. The predicted octanol–water partition coefficient (Wildman–Crippen LogP) is 3.45. The Bertz CT molecular complexity index is 833. The maximum Gasteiger partial charge on any atom is 0.417 e. The van der Waals surface area contributed by atoms with Crippen LogP contribution in [0.25, 0.3) is 0 Å². The number of benzene rings is 2. The van der Waals surface area contributed by atoms with Gasteiger partial charge in [-0.1, -0.05) is 36.4 Å². The van der Waals surface area contributed by atoms with Crippen LogP contribution in [0, 0.1) is 0 Å². The van der Waals surface area contributed by atoms with Crippen molar-refractivity contribution in [3.63, 3.8) is 0 Å². The number of alkyl halides is 3. The minimum absolute atomic E-state index is 0.395. The van der Waals surface area contributed by atoms with Crippen molar-refractivity contribution in [2.75, 3.05) is 13.2 Å². The summed E-state index contributed by atoms with van der Waals surface area (Å²) in [5, 5.41) is 0. The van der Waals surface area contributed by atoms with Gasteiger partial charge >= 0.3 is 12.1 Å². The van der Waals surface area contributed by atoms with Crippen LogP contribution in [0.4, 0.5) is 13.2 Å². The zero-order valence-electron chi connectivity index (χ0n) is 13.8. The molecule has 0 spiro atoms. The third kappa shape index (κ3) is 3.87. The number of hydrogen-bond donors (Lipinski definition) is 0. The second-order valence-electron chi connectivity index (χ2n) is 5.95. The number of halogens is 3. The summed E-state index contributed by atoms with van der Waals surface area (Å²) >= 11 is 0. The first-order chi connectivity index (χ1) is 12.4. The Balaban J connectivity index is 1.63. The Morgan fingerprint density at radius 3 is 2.38 bits per heavy atom. The van der Waals surface area contributed by atoms with Crippen LogP contribution in [-0.4, -0.2) is 29.9 Å². The predicted molar refractivity (Wildman–Crippen MR) is 87.3 cm³/mol. The molecule has 1 aliphatic rings. The van der Waals surface area contributed by atoms with E-state index in [1.807, 2.05) is 24.3 Å². The fourth-order valence-electron chi connectivity index (χ4n) is 2.91. The van der Waals surface area contributed by atoms with Gasteiger partial charge in [0.2, 0.25) is 0 Å². The number of ether oxygens (including phenoxy) is 1. The summed E-state index contributed by atoms with van der Waals surface area (Å²) in [5.41, 5.74) is 0.495. The van der Waals surface area contributed by atoms with Gasteiger partial charge < -0.3 is 9.64 Å². The molecule has 4 nitrogen and oxygen atoms in total. The highest BCUT2D eigenvalue weighted by atomic mass is 19.4. The summed E-state index contributed by atoms with van der Waals surface area (Å²) in [5.74, 6) is -1.60. The van der Waals surface area contributed by atoms with Gasteiger partial charge in [-0.2, -0.15) is 13.2 Å². The zero-order valence-corrected chi connectivity index (χ0v) is 13.8. The van der Waals surface area contributed by atoms with Gasteiger partial charge in [-0.05, 0) is 29.7 Å². The molecule has 2 aromatic carbocycles. The average molecular weight is 363 g/mol. The Kier molecular flexibility index (Phi) is 4.97. The van der Waals surface area contributed by atoms with Crippen LogP contribution >= 0.6 is 0 Å². The number of hydrogen-bond acceptors (Lipinski definition) is 3. The van der Waals surface area contributed by atoms with E-state index in [-0.39, 0.29) is 0 Å². The molecular formula is C19H16F3NO3. The third-order valence-electron chi connectivity index (χ3n) is 4.26. The number of rotatable bonds is 3. The molecule has 136 valence electrons. The van der Waals surface area contributed by atoms with Crippen molar-refractivity contribution in [2.24, 2.45) is 0 Å². The summed E-state index contributed by atoms with van der Waals surface area (Å²) in [4.78, 5) is 25.8. The van der Waals surface area contributed by atoms with Crippen molar-refractivity contribution in [1.29, 1.82) is 0 Å². The number of esters is 1. The molecule has 0 saturated carbocycles. The van der Waals surface area contributed by atoms with Crippen molar-refractivity contribution in [1.82, 2.24) is 4.90 Å². The van der Waals surface area contributed by atoms with E-state index in [2.05, 4.69) is 0 Å². The summed E-state index contributed by atoms with van der Waals surface area (Å²) in [6.07, 6.45) is -3.98. The average Bonchev–Trinajstić information content (AvgIpc) is 2.64. The topological polar surface area (TPSA) is 46.6 Å². The second-order valence-corrected chi connectivity index (χ2v) is 5.95. The van der Waals surface area contributed by atoms with Crippen LogP contribution in [0.2, 0.25) is 0 Å². The van der Waals surface area contributed by atoms with Gasteiger partial charge in [-0.3, -0.25) is 4.79 Å². The smallest absolute Gasteiger partial charge is 0.417 e. The van der Waals surface area contributed by atoms with Crippen LogP contribution in [-0.2, 0) is 28.7 Å². The van der Waals surface area contributed by atoms with Crippen molar-refractivity contribution >= 4 is 11.9 Å². The highest BCUT2D eigenvalue weighted by Crippen LogP contribution is 2.32. The number of carbonyl (C=O) groups excluding carboxylic acids is 2. The quantitative estimate of drug-likeness (QED) is 0.785. The standard InChI is InChI=1S/C19H16F3NO3/c20-19(21,22)16-8-4-3-7-15(16)18(25)26-12-17(24)23-10-9-13-5-1-2-6-14(13)11-23/h1-8H,9-12H2. The zero-order chi connectivity index (χ0) is 18.7. The first-order valence-electron chi connectivity index (χ1n) is 8.04. The monoisotopic (exact) mass is 363 g/mol. The maximum absolute atomic E-state index is 13.0. The van der Waals surface area contributed by atoms with Crippen molar-refractivity contribution < 1.29 is 27.5 Å². The lowest BCUT2D eigenvalue weighted by molar-refractivity contribution is -0.138.